The van der Waals surface area contributed by atoms with Crippen LogP contribution in [0.4, 0.5) is 5.69 Å². The number of nitrogens with one attached hydrogen (secondary N) is 1. The molecule has 0 amide bonds. The van der Waals surface area contributed by atoms with Gasteiger partial charge in [-0.05, 0) is 48.0 Å². The van der Waals surface area contributed by atoms with E-state index in [1.165, 1.54) is 78.0 Å². The Morgan fingerprint density at radius 1 is 0.684 bits per heavy atom. The lowest BCUT2D eigenvalue weighted by molar-refractivity contribution is 0.374. The first-order chi connectivity index (χ1) is 18.0. The summed E-state index contributed by atoms with van der Waals surface area (Å²) in [6, 6.07) is 13.5. The molecule has 0 fully saturated rings. The monoisotopic (exact) mass is 563 g/mol. The molecule has 0 unspecified atom stereocenters. The van der Waals surface area contributed by atoms with Crippen LogP contribution in [-0.4, -0.2) is 52.4 Å². The van der Waals surface area contributed by atoms with Crippen LogP contribution in [0.2, 0.25) is 0 Å². The first-order valence-electron chi connectivity index (χ1n) is 11.1. The molecule has 204 valence electrons. The minimum absolute atomic E-state index is 0.00342. The van der Waals surface area contributed by atoms with E-state index in [4.69, 9.17) is 23.7 Å². The van der Waals surface area contributed by atoms with E-state index in [1.807, 2.05) is 0 Å². The van der Waals surface area contributed by atoms with E-state index in [2.05, 4.69) is 4.72 Å². The van der Waals surface area contributed by atoms with Gasteiger partial charge in [0.05, 0.1) is 57.4 Å². The number of benzene rings is 3. The zero-order valence-electron chi connectivity index (χ0n) is 21.5. The van der Waals surface area contributed by atoms with Crippen LogP contribution in [0.1, 0.15) is 11.1 Å². The van der Waals surface area contributed by atoms with E-state index >= 15 is 0 Å². The van der Waals surface area contributed by atoms with E-state index in [0.717, 1.165) is 5.41 Å². The number of ether oxygens (including phenoxy) is 5. The zero-order valence-corrected chi connectivity index (χ0v) is 23.2. The first kappa shape index (κ1) is 28.7. The molecule has 3 rings (SSSR count). The van der Waals surface area contributed by atoms with Gasteiger partial charge in [0.15, 0.2) is 9.84 Å². The molecule has 0 bridgehead atoms. The molecule has 0 aromatic heterocycles. The Morgan fingerprint density at radius 3 is 1.79 bits per heavy atom. The second-order valence-electron chi connectivity index (χ2n) is 7.87. The van der Waals surface area contributed by atoms with Gasteiger partial charge in [0.2, 0.25) is 0 Å². The minimum Gasteiger partial charge on any atom is -0.497 e. The molecule has 0 atom stereocenters. The van der Waals surface area contributed by atoms with Gasteiger partial charge >= 0.3 is 0 Å². The fraction of sp³-hybridized carbons (Fsp3) is 0.231. The molecule has 0 radical (unpaired) electrons. The number of sulfone groups is 1. The summed E-state index contributed by atoms with van der Waals surface area (Å²) in [4.78, 5) is 0.00342. The van der Waals surface area contributed by atoms with E-state index in [0.29, 0.717) is 34.1 Å². The van der Waals surface area contributed by atoms with Crippen molar-refractivity contribution in [2.45, 2.75) is 10.6 Å². The van der Waals surface area contributed by atoms with Crippen molar-refractivity contribution in [3.05, 3.63) is 71.1 Å². The maximum Gasteiger partial charge on any atom is 0.262 e. The van der Waals surface area contributed by atoms with E-state index in [1.54, 1.807) is 18.2 Å². The average Bonchev–Trinajstić information content (AvgIpc) is 2.91. The number of hydrogen-bond donors (Lipinski definition) is 1. The second-order valence-corrected chi connectivity index (χ2v) is 11.4. The van der Waals surface area contributed by atoms with Gasteiger partial charge in [-0.2, -0.15) is 0 Å². The van der Waals surface area contributed by atoms with Crippen LogP contribution < -0.4 is 28.4 Å². The minimum atomic E-state index is -3.99. The summed E-state index contributed by atoms with van der Waals surface area (Å²) in [5.41, 5.74) is 0.858. The van der Waals surface area contributed by atoms with Gasteiger partial charge < -0.3 is 23.7 Å². The van der Waals surface area contributed by atoms with Crippen molar-refractivity contribution in [3.63, 3.8) is 0 Å². The number of hydrogen-bond acceptors (Lipinski definition) is 9. The predicted octanol–water partition coefficient (Wildman–Crippen LogP) is 4.12. The van der Waals surface area contributed by atoms with Crippen molar-refractivity contribution in [1.82, 2.24) is 0 Å². The molecule has 0 aliphatic carbocycles. The van der Waals surface area contributed by atoms with Crippen LogP contribution in [0.15, 0.2) is 64.9 Å². The van der Waals surface area contributed by atoms with E-state index < -0.39 is 25.6 Å². The third-order valence-electron chi connectivity index (χ3n) is 5.44. The molecule has 10 nitrogen and oxygen atoms in total. The molecule has 0 heterocycles. The summed E-state index contributed by atoms with van der Waals surface area (Å²) in [7, 11) is -0.522. The molecule has 0 saturated carbocycles. The number of methoxy groups -OCH3 is 5. The second kappa shape index (κ2) is 12.1. The highest BCUT2D eigenvalue weighted by molar-refractivity contribution is 7.93. The Labute approximate surface area is 222 Å². The summed E-state index contributed by atoms with van der Waals surface area (Å²) in [6.45, 7) is 0. The van der Waals surface area contributed by atoms with Crippen LogP contribution in [0.5, 0.6) is 28.7 Å². The van der Waals surface area contributed by atoms with Gasteiger partial charge in [0.25, 0.3) is 10.0 Å². The molecule has 0 saturated heterocycles. The summed E-state index contributed by atoms with van der Waals surface area (Å²) in [6.07, 6.45) is 1.38. The lowest BCUT2D eigenvalue weighted by Gasteiger charge is -2.14. The lowest BCUT2D eigenvalue weighted by Crippen LogP contribution is -2.14. The zero-order chi connectivity index (χ0) is 27.9. The smallest absolute Gasteiger partial charge is 0.262 e. The fourth-order valence-corrected chi connectivity index (χ4v) is 5.68. The summed E-state index contributed by atoms with van der Waals surface area (Å²) < 4.78 is 80.5. The molecule has 1 N–H and O–H groups in total. The van der Waals surface area contributed by atoms with Gasteiger partial charge in [0, 0.05) is 17.5 Å². The van der Waals surface area contributed by atoms with Crippen molar-refractivity contribution in [2.75, 3.05) is 40.3 Å². The topological polar surface area (TPSA) is 126 Å². The molecule has 3 aromatic rings. The summed E-state index contributed by atoms with van der Waals surface area (Å²) in [5.74, 6) is 1.56. The van der Waals surface area contributed by atoms with Crippen LogP contribution >= 0.6 is 0 Å². The molecule has 3 aromatic carbocycles. The molecular weight excluding hydrogens is 534 g/mol. The van der Waals surface area contributed by atoms with Gasteiger partial charge in [-0.25, -0.2) is 16.8 Å². The largest absolute Gasteiger partial charge is 0.497 e. The summed E-state index contributed by atoms with van der Waals surface area (Å²) >= 11 is 0. The Kier molecular flexibility index (Phi) is 9.13. The van der Waals surface area contributed by atoms with Gasteiger partial charge in [-0.15, -0.1) is 0 Å². The molecule has 0 aliphatic heterocycles. The van der Waals surface area contributed by atoms with Crippen LogP contribution in [0.25, 0.3) is 6.08 Å². The quantitative estimate of drug-likeness (QED) is 0.346. The lowest BCUT2D eigenvalue weighted by atomic mass is 10.1. The van der Waals surface area contributed by atoms with Crippen LogP contribution in [0, 0.1) is 0 Å². The maximum absolute atomic E-state index is 13.0. The molecular formula is C26H29NO9S2. The Morgan fingerprint density at radius 2 is 1.26 bits per heavy atom. The Bertz CT molecular complexity index is 1490. The van der Waals surface area contributed by atoms with Crippen molar-refractivity contribution >= 4 is 31.6 Å². The van der Waals surface area contributed by atoms with E-state index in [-0.39, 0.29) is 16.3 Å². The fourth-order valence-electron chi connectivity index (χ4n) is 3.53. The van der Waals surface area contributed by atoms with E-state index in [9.17, 15) is 16.8 Å². The summed E-state index contributed by atoms with van der Waals surface area (Å²) in [5, 5.41) is 1.05. The average molecular weight is 564 g/mol. The Hall–Kier alpha value is -3.90. The SMILES string of the molecule is COc1ccc(S(=O)(=O)Nc2cc(CS(=O)(=O)/C=C\c3c(OC)cc(OC)cc3OC)ccc2OC)cc1. The third-order valence-corrected chi connectivity index (χ3v) is 8.11. The van der Waals surface area contributed by atoms with Crippen molar-refractivity contribution in [1.29, 1.82) is 0 Å². The highest BCUT2D eigenvalue weighted by Gasteiger charge is 2.19. The van der Waals surface area contributed by atoms with Crippen molar-refractivity contribution in [3.8, 4) is 28.7 Å². The van der Waals surface area contributed by atoms with Crippen LogP contribution in [-0.2, 0) is 25.6 Å². The highest BCUT2D eigenvalue weighted by atomic mass is 32.2. The maximum atomic E-state index is 13.0. The van der Waals surface area contributed by atoms with Crippen molar-refractivity contribution in [2.24, 2.45) is 0 Å². The predicted molar refractivity (Wildman–Crippen MR) is 145 cm³/mol. The van der Waals surface area contributed by atoms with Crippen LogP contribution in [0.3, 0.4) is 0 Å². The van der Waals surface area contributed by atoms with Crippen molar-refractivity contribution < 1.29 is 40.5 Å². The normalized spacial score (nSPS) is 11.7. The third kappa shape index (κ3) is 6.90. The number of sulfonamides is 1. The van der Waals surface area contributed by atoms with Gasteiger partial charge in [-0.1, -0.05) is 6.07 Å². The molecule has 38 heavy (non-hydrogen) atoms. The molecule has 0 aliphatic rings. The standard InChI is InChI=1S/C26H29NO9S2/c1-32-19-7-9-21(10-8-19)38(30,31)27-23-14-18(6-11-24(23)34-3)17-37(28,29)13-12-22-25(35-4)15-20(33-2)16-26(22)36-5/h6-16,27H,17H2,1-5H3/b13-12-. The molecule has 0 spiro atoms. The number of rotatable bonds is 12. The van der Waals surface area contributed by atoms with Gasteiger partial charge in [0.1, 0.15) is 28.7 Å². The van der Waals surface area contributed by atoms with Gasteiger partial charge in [-0.3, -0.25) is 4.72 Å². The number of anilines is 1. The first-order valence-corrected chi connectivity index (χ1v) is 14.3. The Balaban J connectivity index is 1.88. The highest BCUT2D eigenvalue weighted by Crippen LogP contribution is 2.35. The molecule has 12 heteroatoms.